The first-order valence-electron chi connectivity index (χ1n) is 10.3. The van der Waals surface area contributed by atoms with Crippen molar-refractivity contribution in [3.63, 3.8) is 0 Å². The van der Waals surface area contributed by atoms with Crippen LogP contribution in [-0.2, 0) is 27.4 Å². The van der Waals surface area contributed by atoms with Gasteiger partial charge in [-0.05, 0) is 36.0 Å². The molecule has 2 aromatic carbocycles. The average molecular weight is 408 g/mol. The van der Waals surface area contributed by atoms with Crippen LogP contribution in [0.2, 0.25) is 0 Å². The monoisotopic (exact) mass is 407 g/mol. The number of ether oxygens (including phenoxy) is 1. The van der Waals surface area contributed by atoms with E-state index < -0.39 is 18.1 Å². The van der Waals surface area contributed by atoms with Gasteiger partial charge in [0.05, 0.1) is 6.04 Å². The van der Waals surface area contributed by atoms with Crippen LogP contribution >= 0.6 is 0 Å². The van der Waals surface area contributed by atoms with Crippen LogP contribution in [0.4, 0.5) is 0 Å². The van der Waals surface area contributed by atoms with Gasteiger partial charge in [0.15, 0.2) is 0 Å². The molecule has 0 aliphatic heterocycles. The minimum absolute atomic E-state index is 0.172. The number of carbonyl (C=O) groups is 2. The molecule has 2 atom stereocenters. The third kappa shape index (κ3) is 5.70. The lowest BCUT2D eigenvalue weighted by Gasteiger charge is -2.21. The number of nitrogens with one attached hydrogen (secondary N) is 2. The summed E-state index contributed by atoms with van der Waals surface area (Å²) in [5.74, 6) is -0.591. The molecule has 3 rings (SSSR count). The molecule has 0 fully saturated rings. The minimum atomic E-state index is -0.763. The molecule has 0 unspecified atom stereocenters. The third-order valence-corrected chi connectivity index (χ3v) is 4.98. The quantitative estimate of drug-likeness (QED) is 0.474. The smallest absolute Gasteiger partial charge is 0.328 e. The van der Waals surface area contributed by atoms with Gasteiger partial charge in [-0.25, -0.2) is 4.79 Å². The Morgan fingerprint density at radius 2 is 1.77 bits per heavy atom. The summed E-state index contributed by atoms with van der Waals surface area (Å²) < 4.78 is 5.44. The summed E-state index contributed by atoms with van der Waals surface area (Å²) in [7, 11) is 0. The van der Waals surface area contributed by atoms with Crippen LogP contribution in [0.15, 0.2) is 60.8 Å². The van der Waals surface area contributed by atoms with Gasteiger partial charge >= 0.3 is 5.97 Å². The normalized spacial score (nSPS) is 13.2. The van der Waals surface area contributed by atoms with Crippen molar-refractivity contribution in [2.24, 2.45) is 11.7 Å². The second-order valence-electron chi connectivity index (χ2n) is 7.95. The number of fused-ring (bicyclic) bond motifs is 1. The summed E-state index contributed by atoms with van der Waals surface area (Å²) in [6.07, 6.45) is 2.74. The first kappa shape index (κ1) is 21.6. The Balaban J connectivity index is 1.61. The number of carbonyl (C=O) groups excluding carboxylic acids is 2. The number of hydrogen-bond donors (Lipinski definition) is 3. The van der Waals surface area contributed by atoms with E-state index in [1.807, 2.05) is 74.6 Å². The topological polar surface area (TPSA) is 97.2 Å². The lowest BCUT2D eigenvalue weighted by atomic mass is 10.0. The highest BCUT2D eigenvalue weighted by Gasteiger charge is 2.26. The SMILES string of the molecule is CC(C)C[C@H](NC(=O)[C@@H](N)Cc1c[nH]c2ccccc12)C(=O)OCc1ccccc1. The van der Waals surface area contributed by atoms with Gasteiger partial charge in [0.1, 0.15) is 12.6 Å². The first-order valence-corrected chi connectivity index (χ1v) is 10.3. The Morgan fingerprint density at radius 1 is 1.07 bits per heavy atom. The fourth-order valence-corrected chi connectivity index (χ4v) is 3.42. The summed E-state index contributed by atoms with van der Waals surface area (Å²) in [4.78, 5) is 28.5. The maximum absolute atomic E-state index is 12.7. The van der Waals surface area contributed by atoms with Crippen molar-refractivity contribution in [2.75, 3.05) is 0 Å². The zero-order chi connectivity index (χ0) is 21.5. The number of amides is 1. The Hall–Kier alpha value is -3.12. The molecule has 0 radical (unpaired) electrons. The second-order valence-corrected chi connectivity index (χ2v) is 7.95. The molecule has 0 saturated carbocycles. The standard InChI is InChI=1S/C24H29N3O3/c1-16(2)12-22(24(29)30-15-17-8-4-3-5-9-17)27-23(28)20(25)13-18-14-26-21-11-7-6-10-19(18)21/h3-11,14,16,20,22,26H,12-13,15,25H2,1-2H3,(H,27,28)/t20-,22-/m0/s1. The van der Waals surface area contributed by atoms with Gasteiger partial charge in [0.25, 0.3) is 0 Å². The van der Waals surface area contributed by atoms with Gasteiger partial charge in [-0.2, -0.15) is 0 Å². The molecular weight excluding hydrogens is 378 g/mol. The van der Waals surface area contributed by atoms with Crippen LogP contribution in [0.3, 0.4) is 0 Å². The van der Waals surface area contributed by atoms with Crippen LogP contribution < -0.4 is 11.1 Å². The highest BCUT2D eigenvalue weighted by atomic mass is 16.5. The van der Waals surface area contributed by atoms with E-state index in [2.05, 4.69) is 10.3 Å². The molecule has 0 bridgehead atoms. The molecule has 6 heteroatoms. The van der Waals surface area contributed by atoms with Gasteiger partial charge in [-0.1, -0.05) is 62.4 Å². The van der Waals surface area contributed by atoms with E-state index in [1.54, 1.807) is 0 Å². The van der Waals surface area contributed by atoms with E-state index in [-0.39, 0.29) is 18.4 Å². The number of esters is 1. The van der Waals surface area contributed by atoms with E-state index in [0.29, 0.717) is 12.8 Å². The number of rotatable bonds is 9. The maximum Gasteiger partial charge on any atom is 0.328 e. The van der Waals surface area contributed by atoms with Crippen molar-refractivity contribution < 1.29 is 14.3 Å². The van der Waals surface area contributed by atoms with Crippen molar-refractivity contribution in [1.29, 1.82) is 0 Å². The van der Waals surface area contributed by atoms with Crippen molar-refractivity contribution in [2.45, 2.75) is 45.4 Å². The summed E-state index contributed by atoms with van der Waals surface area (Å²) in [6, 6.07) is 15.8. The van der Waals surface area contributed by atoms with Crippen molar-refractivity contribution in [3.05, 3.63) is 71.9 Å². The molecule has 3 aromatic rings. The Kier molecular flexibility index (Phi) is 7.25. The predicted octanol–water partition coefficient (Wildman–Crippen LogP) is 3.31. The van der Waals surface area contributed by atoms with Crippen LogP contribution in [-0.4, -0.2) is 28.9 Å². The highest BCUT2D eigenvalue weighted by Crippen LogP contribution is 2.19. The van der Waals surface area contributed by atoms with Gasteiger partial charge in [0.2, 0.25) is 5.91 Å². The summed E-state index contributed by atoms with van der Waals surface area (Å²) >= 11 is 0. The van der Waals surface area contributed by atoms with Crippen LogP contribution in [0.25, 0.3) is 10.9 Å². The lowest BCUT2D eigenvalue weighted by Crippen LogP contribution is -2.50. The number of aromatic nitrogens is 1. The first-order chi connectivity index (χ1) is 14.4. The number of aromatic amines is 1. The lowest BCUT2D eigenvalue weighted by molar-refractivity contribution is -0.149. The molecule has 1 heterocycles. The number of para-hydroxylation sites is 1. The summed E-state index contributed by atoms with van der Waals surface area (Å²) in [5.41, 5.74) is 9.04. The predicted molar refractivity (Wildman–Crippen MR) is 118 cm³/mol. The molecule has 0 saturated heterocycles. The zero-order valence-electron chi connectivity index (χ0n) is 17.4. The number of benzene rings is 2. The second kappa shape index (κ2) is 10.1. The fraction of sp³-hybridized carbons (Fsp3) is 0.333. The van der Waals surface area contributed by atoms with E-state index in [0.717, 1.165) is 22.0 Å². The number of H-pyrrole nitrogens is 1. The molecule has 4 N–H and O–H groups in total. The van der Waals surface area contributed by atoms with Gasteiger partial charge in [0, 0.05) is 17.1 Å². The Bertz CT molecular complexity index is 982. The molecule has 1 amide bonds. The summed E-state index contributed by atoms with van der Waals surface area (Å²) in [5, 5.41) is 3.84. The van der Waals surface area contributed by atoms with Crippen LogP contribution in [0, 0.1) is 5.92 Å². The van der Waals surface area contributed by atoms with Gasteiger partial charge < -0.3 is 20.8 Å². The molecule has 158 valence electrons. The van der Waals surface area contributed by atoms with E-state index in [9.17, 15) is 9.59 Å². The van der Waals surface area contributed by atoms with Crippen LogP contribution in [0.5, 0.6) is 0 Å². The average Bonchev–Trinajstić information content (AvgIpc) is 3.14. The summed E-state index contributed by atoms with van der Waals surface area (Å²) in [6.45, 7) is 4.16. The highest BCUT2D eigenvalue weighted by molar-refractivity contribution is 5.89. The molecule has 0 aliphatic carbocycles. The molecule has 6 nitrogen and oxygen atoms in total. The van der Waals surface area contributed by atoms with Gasteiger partial charge in [-0.15, -0.1) is 0 Å². The third-order valence-electron chi connectivity index (χ3n) is 4.98. The maximum atomic E-state index is 12.7. The minimum Gasteiger partial charge on any atom is -0.459 e. The van der Waals surface area contributed by atoms with Crippen LogP contribution in [0.1, 0.15) is 31.4 Å². The van der Waals surface area contributed by atoms with E-state index in [4.69, 9.17) is 10.5 Å². The molecule has 0 aliphatic rings. The van der Waals surface area contributed by atoms with Gasteiger partial charge in [-0.3, -0.25) is 4.79 Å². The van der Waals surface area contributed by atoms with Crippen molar-refractivity contribution >= 4 is 22.8 Å². The molecular formula is C24H29N3O3. The fourth-order valence-electron chi connectivity index (χ4n) is 3.42. The van der Waals surface area contributed by atoms with E-state index in [1.165, 1.54) is 0 Å². The Morgan fingerprint density at radius 3 is 2.50 bits per heavy atom. The molecule has 0 spiro atoms. The number of nitrogens with two attached hydrogens (primary N) is 1. The number of hydrogen-bond acceptors (Lipinski definition) is 4. The molecule has 1 aromatic heterocycles. The molecule has 30 heavy (non-hydrogen) atoms. The Labute approximate surface area is 176 Å². The van der Waals surface area contributed by atoms with Crippen molar-refractivity contribution in [1.82, 2.24) is 10.3 Å². The largest absolute Gasteiger partial charge is 0.459 e. The van der Waals surface area contributed by atoms with Crippen molar-refractivity contribution in [3.8, 4) is 0 Å². The zero-order valence-corrected chi connectivity index (χ0v) is 17.4. The van der Waals surface area contributed by atoms with E-state index >= 15 is 0 Å².